The molecule has 1 aromatic carbocycles. The molecule has 0 aliphatic heterocycles. The van der Waals surface area contributed by atoms with E-state index in [0.29, 0.717) is 5.56 Å². The molecule has 0 spiro atoms. The number of carbonyl (C=O) groups is 1. The van der Waals surface area contributed by atoms with Crippen LogP contribution in [0.4, 0.5) is 0 Å². The number of aromatic nitrogens is 2. The van der Waals surface area contributed by atoms with Crippen molar-refractivity contribution in [2.45, 2.75) is 6.92 Å². The normalized spacial score (nSPS) is 11.2. The molecule has 0 saturated heterocycles. The first-order valence-corrected chi connectivity index (χ1v) is 6.51. The highest BCUT2D eigenvalue weighted by molar-refractivity contribution is 6.13. The van der Waals surface area contributed by atoms with Crippen molar-refractivity contribution in [3.8, 4) is 11.3 Å². The van der Waals surface area contributed by atoms with Crippen molar-refractivity contribution in [3.05, 3.63) is 72.4 Å². The third kappa shape index (κ3) is 2.03. The van der Waals surface area contributed by atoms with Gasteiger partial charge in [0.1, 0.15) is 5.69 Å². The number of benzene rings is 1. The average molecular weight is 262 g/mol. The SMILES string of the molecule is C/C=C/C(=O)c1c(-c2ccccc2)nn2ccccc12. The van der Waals surface area contributed by atoms with E-state index in [9.17, 15) is 4.79 Å². The fraction of sp³-hybridized carbons (Fsp3) is 0.0588. The molecule has 0 aliphatic rings. The quantitative estimate of drug-likeness (QED) is 0.532. The Bertz CT molecular complexity index is 785. The Morgan fingerprint density at radius 3 is 2.60 bits per heavy atom. The first-order chi connectivity index (χ1) is 9.81. The fourth-order valence-electron chi connectivity index (χ4n) is 2.27. The van der Waals surface area contributed by atoms with Crippen molar-refractivity contribution < 1.29 is 4.79 Å². The second kappa shape index (κ2) is 5.13. The molecule has 3 heteroatoms. The van der Waals surface area contributed by atoms with Gasteiger partial charge in [0.05, 0.1) is 11.1 Å². The molecule has 20 heavy (non-hydrogen) atoms. The van der Waals surface area contributed by atoms with E-state index in [0.717, 1.165) is 16.8 Å². The Morgan fingerprint density at radius 2 is 1.85 bits per heavy atom. The van der Waals surface area contributed by atoms with Crippen LogP contribution in [0.2, 0.25) is 0 Å². The summed E-state index contributed by atoms with van der Waals surface area (Å²) in [7, 11) is 0. The number of allylic oxidation sites excluding steroid dienone is 2. The number of rotatable bonds is 3. The molecule has 0 N–H and O–H groups in total. The molecule has 2 heterocycles. The van der Waals surface area contributed by atoms with E-state index in [1.807, 2.05) is 61.7 Å². The molecule has 0 amide bonds. The van der Waals surface area contributed by atoms with Gasteiger partial charge in [-0.05, 0) is 25.1 Å². The molecule has 0 bridgehead atoms. The Balaban J connectivity index is 2.31. The van der Waals surface area contributed by atoms with Crippen molar-refractivity contribution >= 4 is 11.3 Å². The van der Waals surface area contributed by atoms with Crippen LogP contribution >= 0.6 is 0 Å². The van der Waals surface area contributed by atoms with Gasteiger partial charge in [-0.3, -0.25) is 4.79 Å². The number of nitrogens with zero attached hydrogens (tertiary/aromatic N) is 2. The van der Waals surface area contributed by atoms with Gasteiger partial charge in [-0.1, -0.05) is 42.5 Å². The first-order valence-electron chi connectivity index (χ1n) is 6.51. The van der Waals surface area contributed by atoms with Crippen LogP contribution in [0.5, 0.6) is 0 Å². The van der Waals surface area contributed by atoms with E-state index in [2.05, 4.69) is 5.10 Å². The number of ketones is 1. The number of carbonyl (C=O) groups excluding carboxylic acids is 1. The number of hydrogen-bond donors (Lipinski definition) is 0. The van der Waals surface area contributed by atoms with Crippen LogP contribution in [0.3, 0.4) is 0 Å². The van der Waals surface area contributed by atoms with Gasteiger partial charge in [-0.15, -0.1) is 0 Å². The predicted octanol–water partition coefficient (Wildman–Crippen LogP) is 3.76. The van der Waals surface area contributed by atoms with Crippen molar-refractivity contribution in [1.29, 1.82) is 0 Å². The Kier molecular flexibility index (Phi) is 3.17. The number of hydrogen-bond acceptors (Lipinski definition) is 2. The minimum Gasteiger partial charge on any atom is -0.289 e. The number of pyridine rings is 1. The maximum absolute atomic E-state index is 12.4. The summed E-state index contributed by atoms with van der Waals surface area (Å²) >= 11 is 0. The van der Waals surface area contributed by atoms with Crippen LogP contribution in [-0.2, 0) is 0 Å². The molecule has 0 fully saturated rings. The summed E-state index contributed by atoms with van der Waals surface area (Å²) in [6.45, 7) is 1.84. The predicted molar refractivity (Wildman–Crippen MR) is 79.8 cm³/mol. The van der Waals surface area contributed by atoms with Crippen LogP contribution in [0.25, 0.3) is 16.8 Å². The maximum atomic E-state index is 12.4. The summed E-state index contributed by atoms with van der Waals surface area (Å²) < 4.78 is 1.75. The first kappa shape index (κ1) is 12.4. The van der Waals surface area contributed by atoms with Gasteiger partial charge in [0, 0.05) is 11.8 Å². The van der Waals surface area contributed by atoms with Crippen LogP contribution in [0.15, 0.2) is 66.9 Å². The highest BCUT2D eigenvalue weighted by atomic mass is 16.1. The highest BCUT2D eigenvalue weighted by Gasteiger charge is 2.18. The van der Waals surface area contributed by atoms with Gasteiger partial charge in [0.2, 0.25) is 0 Å². The van der Waals surface area contributed by atoms with Crippen molar-refractivity contribution in [2.24, 2.45) is 0 Å². The molecule has 98 valence electrons. The molecule has 0 radical (unpaired) electrons. The van der Waals surface area contributed by atoms with E-state index in [1.54, 1.807) is 16.7 Å². The third-order valence-corrected chi connectivity index (χ3v) is 3.15. The fourth-order valence-corrected chi connectivity index (χ4v) is 2.27. The lowest BCUT2D eigenvalue weighted by Gasteiger charge is -1.99. The van der Waals surface area contributed by atoms with Gasteiger partial charge < -0.3 is 0 Å². The van der Waals surface area contributed by atoms with Crippen molar-refractivity contribution in [3.63, 3.8) is 0 Å². The highest BCUT2D eigenvalue weighted by Crippen LogP contribution is 2.26. The van der Waals surface area contributed by atoms with Gasteiger partial charge in [-0.25, -0.2) is 4.52 Å². The Labute approximate surface area is 117 Å². The van der Waals surface area contributed by atoms with Crippen molar-refractivity contribution in [2.75, 3.05) is 0 Å². The molecule has 0 saturated carbocycles. The van der Waals surface area contributed by atoms with E-state index in [-0.39, 0.29) is 5.78 Å². The standard InChI is InChI=1S/C17H14N2O/c1-2-8-15(20)16-14-11-6-7-12-19(14)18-17(16)13-9-4-3-5-10-13/h2-12H,1H3/b8-2+. The largest absolute Gasteiger partial charge is 0.289 e. The second-order valence-corrected chi connectivity index (χ2v) is 4.48. The minimum atomic E-state index is -0.0208. The number of fused-ring (bicyclic) bond motifs is 1. The molecular weight excluding hydrogens is 248 g/mol. The van der Waals surface area contributed by atoms with Crippen LogP contribution in [0.1, 0.15) is 17.3 Å². The van der Waals surface area contributed by atoms with Crippen LogP contribution < -0.4 is 0 Å². The van der Waals surface area contributed by atoms with Crippen molar-refractivity contribution in [1.82, 2.24) is 9.61 Å². The lowest BCUT2D eigenvalue weighted by atomic mass is 10.0. The molecule has 3 rings (SSSR count). The van der Waals surface area contributed by atoms with Crippen LogP contribution in [-0.4, -0.2) is 15.4 Å². The molecule has 0 aliphatic carbocycles. The van der Waals surface area contributed by atoms with Gasteiger partial charge in [0.25, 0.3) is 0 Å². The summed E-state index contributed by atoms with van der Waals surface area (Å²) in [5, 5.41) is 4.55. The Morgan fingerprint density at radius 1 is 1.10 bits per heavy atom. The van der Waals surface area contributed by atoms with Gasteiger partial charge in [0.15, 0.2) is 5.78 Å². The van der Waals surface area contributed by atoms with Crippen LogP contribution in [0, 0.1) is 0 Å². The molecule has 0 unspecified atom stereocenters. The lowest BCUT2D eigenvalue weighted by Crippen LogP contribution is -1.96. The molecule has 2 aromatic heterocycles. The summed E-state index contributed by atoms with van der Waals surface area (Å²) in [4.78, 5) is 12.4. The zero-order valence-corrected chi connectivity index (χ0v) is 11.2. The van der Waals surface area contributed by atoms with E-state index in [1.165, 1.54) is 0 Å². The summed E-state index contributed by atoms with van der Waals surface area (Å²) in [5.41, 5.74) is 3.15. The summed E-state index contributed by atoms with van der Waals surface area (Å²) in [5.74, 6) is -0.0208. The zero-order valence-electron chi connectivity index (χ0n) is 11.2. The molecule has 3 aromatic rings. The molecule has 0 atom stereocenters. The van der Waals surface area contributed by atoms with Gasteiger partial charge >= 0.3 is 0 Å². The molecule has 3 nitrogen and oxygen atoms in total. The minimum absolute atomic E-state index is 0.0208. The summed E-state index contributed by atoms with van der Waals surface area (Å²) in [6.07, 6.45) is 5.19. The average Bonchev–Trinajstić information content (AvgIpc) is 2.88. The van der Waals surface area contributed by atoms with E-state index in [4.69, 9.17) is 0 Å². The topological polar surface area (TPSA) is 34.4 Å². The summed E-state index contributed by atoms with van der Waals surface area (Å²) in [6, 6.07) is 15.5. The smallest absolute Gasteiger partial charge is 0.189 e. The second-order valence-electron chi connectivity index (χ2n) is 4.48. The maximum Gasteiger partial charge on any atom is 0.189 e. The van der Waals surface area contributed by atoms with E-state index >= 15 is 0 Å². The third-order valence-electron chi connectivity index (χ3n) is 3.15. The zero-order chi connectivity index (χ0) is 13.9. The monoisotopic (exact) mass is 262 g/mol. The lowest BCUT2D eigenvalue weighted by molar-refractivity contribution is 0.104. The van der Waals surface area contributed by atoms with E-state index < -0.39 is 0 Å². The van der Waals surface area contributed by atoms with Gasteiger partial charge in [-0.2, -0.15) is 5.10 Å². The Hall–Kier alpha value is -2.68. The molecular formula is C17H14N2O.